The van der Waals surface area contributed by atoms with Crippen LogP contribution in [0.3, 0.4) is 0 Å². The Kier molecular flexibility index (Phi) is 4.66. The predicted octanol–water partition coefficient (Wildman–Crippen LogP) is 4.73. The van der Waals surface area contributed by atoms with Gasteiger partial charge in [-0.1, -0.05) is 54.6 Å². The van der Waals surface area contributed by atoms with Gasteiger partial charge in [0.2, 0.25) is 0 Å². The van der Waals surface area contributed by atoms with Gasteiger partial charge in [-0.05, 0) is 35.4 Å². The van der Waals surface area contributed by atoms with E-state index in [0.717, 1.165) is 16.3 Å². The molecule has 3 aromatic rings. The Morgan fingerprint density at radius 2 is 1.67 bits per heavy atom. The second-order valence-electron chi connectivity index (χ2n) is 5.59. The van der Waals surface area contributed by atoms with Crippen LogP contribution in [0.5, 0.6) is 5.75 Å². The zero-order chi connectivity index (χ0) is 16.9. The molecule has 3 aromatic carbocycles. The first-order chi connectivity index (χ1) is 11.7. The number of urea groups is 1. The van der Waals surface area contributed by atoms with E-state index >= 15 is 0 Å². The van der Waals surface area contributed by atoms with E-state index in [2.05, 4.69) is 28.8 Å². The first-order valence-electron chi connectivity index (χ1n) is 7.87. The van der Waals surface area contributed by atoms with Gasteiger partial charge in [0.15, 0.2) is 0 Å². The van der Waals surface area contributed by atoms with Crippen LogP contribution in [0, 0.1) is 0 Å². The van der Waals surface area contributed by atoms with E-state index in [1.165, 1.54) is 0 Å². The van der Waals surface area contributed by atoms with Gasteiger partial charge in [0, 0.05) is 0 Å². The van der Waals surface area contributed by atoms with Crippen molar-refractivity contribution in [2.75, 3.05) is 12.4 Å². The molecule has 4 nitrogen and oxygen atoms in total. The number of carbonyl (C=O) groups is 1. The summed E-state index contributed by atoms with van der Waals surface area (Å²) in [6.45, 7) is 1.98. The molecular formula is C20H20N2O2. The molecular weight excluding hydrogens is 300 g/mol. The van der Waals surface area contributed by atoms with Crippen LogP contribution >= 0.6 is 0 Å². The summed E-state index contributed by atoms with van der Waals surface area (Å²) in [4.78, 5) is 12.3. The van der Waals surface area contributed by atoms with Gasteiger partial charge < -0.3 is 15.4 Å². The molecule has 0 saturated carbocycles. The lowest BCUT2D eigenvalue weighted by Gasteiger charge is -2.18. The van der Waals surface area contributed by atoms with Gasteiger partial charge in [0.1, 0.15) is 5.75 Å². The van der Waals surface area contributed by atoms with Crippen molar-refractivity contribution >= 4 is 22.5 Å². The minimum atomic E-state index is -0.264. The SMILES string of the molecule is COc1ccccc1NC(=O)N[C@@H](C)c1cccc2ccccc12. The Bertz CT molecular complexity index is 856. The Balaban J connectivity index is 1.76. The monoisotopic (exact) mass is 320 g/mol. The number of fused-ring (bicyclic) bond motifs is 1. The number of rotatable bonds is 4. The average molecular weight is 320 g/mol. The lowest BCUT2D eigenvalue weighted by Crippen LogP contribution is -2.31. The van der Waals surface area contributed by atoms with Crippen LogP contribution in [0.2, 0.25) is 0 Å². The Morgan fingerprint density at radius 3 is 2.50 bits per heavy atom. The van der Waals surface area contributed by atoms with Crippen LogP contribution in [0.4, 0.5) is 10.5 Å². The highest BCUT2D eigenvalue weighted by Gasteiger charge is 2.13. The first kappa shape index (κ1) is 15.9. The molecule has 0 heterocycles. The van der Waals surface area contributed by atoms with Crippen molar-refractivity contribution in [3.8, 4) is 5.75 Å². The number of para-hydroxylation sites is 2. The molecule has 2 N–H and O–H groups in total. The van der Waals surface area contributed by atoms with Gasteiger partial charge in [-0.3, -0.25) is 0 Å². The molecule has 0 spiro atoms. The van der Waals surface area contributed by atoms with Crippen LogP contribution in [0.15, 0.2) is 66.7 Å². The van der Waals surface area contributed by atoms with E-state index < -0.39 is 0 Å². The van der Waals surface area contributed by atoms with E-state index in [-0.39, 0.29) is 12.1 Å². The highest BCUT2D eigenvalue weighted by Crippen LogP contribution is 2.25. The van der Waals surface area contributed by atoms with E-state index in [1.54, 1.807) is 13.2 Å². The van der Waals surface area contributed by atoms with Crippen molar-refractivity contribution in [1.29, 1.82) is 0 Å². The average Bonchev–Trinajstić information content (AvgIpc) is 2.61. The van der Waals surface area contributed by atoms with Crippen LogP contribution in [-0.4, -0.2) is 13.1 Å². The highest BCUT2D eigenvalue weighted by atomic mass is 16.5. The molecule has 2 amide bonds. The molecule has 0 aromatic heterocycles. The van der Waals surface area contributed by atoms with Gasteiger partial charge in [-0.15, -0.1) is 0 Å². The smallest absolute Gasteiger partial charge is 0.319 e. The van der Waals surface area contributed by atoms with Crippen molar-refractivity contribution in [3.05, 3.63) is 72.3 Å². The maximum Gasteiger partial charge on any atom is 0.319 e. The number of carbonyl (C=O) groups excluding carboxylic acids is 1. The molecule has 0 bridgehead atoms. The minimum Gasteiger partial charge on any atom is -0.495 e. The summed E-state index contributed by atoms with van der Waals surface area (Å²) in [6.07, 6.45) is 0. The third-order valence-corrected chi connectivity index (χ3v) is 3.99. The van der Waals surface area contributed by atoms with Gasteiger partial charge in [-0.2, -0.15) is 0 Å². The zero-order valence-electron chi connectivity index (χ0n) is 13.7. The molecule has 0 aliphatic heterocycles. The van der Waals surface area contributed by atoms with Gasteiger partial charge >= 0.3 is 6.03 Å². The second kappa shape index (κ2) is 7.04. The number of methoxy groups -OCH3 is 1. The minimum absolute atomic E-state index is 0.120. The van der Waals surface area contributed by atoms with Crippen molar-refractivity contribution < 1.29 is 9.53 Å². The topological polar surface area (TPSA) is 50.4 Å². The fourth-order valence-electron chi connectivity index (χ4n) is 2.81. The van der Waals surface area contributed by atoms with Crippen molar-refractivity contribution in [3.63, 3.8) is 0 Å². The number of ether oxygens (including phenoxy) is 1. The first-order valence-corrected chi connectivity index (χ1v) is 7.87. The number of hydrogen-bond donors (Lipinski definition) is 2. The van der Waals surface area contributed by atoms with Crippen molar-refractivity contribution in [2.24, 2.45) is 0 Å². The van der Waals surface area contributed by atoms with E-state index in [4.69, 9.17) is 4.74 Å². The molecule has 4 heteroatoms. The molecule has 122 valence electrons. The molecule has 0 unspecified atom stereocenters. The summed E-state index contributed by atoms with van der Waals surface area (Å²) in [5.74, 6) is 0.630. The molecule has 3 rings (SSSR count). The van der Waals surface area contributed by atoms with E-state index in [0.29, 0.717) is 11.4 Å². The summed E-state index contributed by atoms with van der Waals surface area (Å²) in [5.41, 5.74) is 1.73. The molecule has 0 aliphatic rings. The largest absolute Gasteiger partial charge is 0.495 e. The molecule has 0 radical (unpaired) electrons. The van der Waals surface area contributed by atoms with Crippen LogP contribution < -0.4 is 15.4 Å². The predicted molar refractivity (Wildman–Crippen MR) is 97.5 cm³/mol. The fraction of sp³-hybridized carbons (Fsp3) is 0.150. The normalized spacial score (nSPS) is 11.8. The highest BCUT2D eigenvalue weighted by molar-refractivity contribution is 5.92. The van der Waals surface area contributed by atoms with E-state index in [1.807, 2.05) is 49.4 Å². The van der Waals surface area contributed by atoms with Crippen LogP contribution in [0.25, 0.3) is 10.8 Å². The van der Waals surface area contributed by atoms with E-state index in [9.17, 15) is 4.79 Å². The Hall–Kier alpha value is -3.01. The number of hydrogen-bond acceptors (Lipinski definition) is 2. The summed E-state index contributed by atoms with van der Waals surface area (Å²) >= 11 is 0. The van der Waals surface area contributed by atoms with Gasteiger partial charge in [0.05, 0.1) is 18.8 Å². The third-order valence-electron chi connectivity index (χ3n) is 3.99. The van der Waals surface area contributed by atoms with Gasteiger partial charge in [0.25, 0.3) is 0 Å². The van der Waals surface area contributed by atoms with Crippen LogP contribution in [-0.2, 0) is 0 Å². The van der Waals surface area contributed by atoms with Gasteiger partial charge in [-0.25, -0.2) is 4.79 Å². The second-order valence-corrected chi connectivity index (χ2v) is 5.59. The molecule has 0 saturated heterocycles. The maximum absolute atomic E-state index is 12.3. The Labute approximate surface area is 141 Å². The summed E-state index contributed by atoms with van der Waals surface area (Å²) in [6, 6.07) is 21.2. The molecule has 0 aliphatic carbocycles. The third kappa shape index (κ3) is 3.33. The number of nitrogens with one attached hydrogen (secondary N) is 2. The van der Waals surface area contributed by atoms with Crippen molar-refractivity contribution in [1.82, 2.24) is 5.32 Å². The van der Waals surface area contributed by atoms with Crippen molar-refractivity contribution in [2.45, 2.75) is 13.0 Å². The zero-order valence-corrected chi connectivity index (χ0v) is 13.7. The number of benzene rings is 3. The van der Waals surface area contributed by atoms with Crippen LogP contribution in [0.1, 0.15) is 18.5 Å². The Morgan fingerprint density at radius 1 is 0.958 bits per heavy atom. The lowest BCUT2D eigenvalue weighted by molar-refractivity contribution is 0.249. The summed E-state index contributed by atoms with van der Waals surface area (Å²) in [7, 11) is 1.58. The number of anilines is 1. The molecule has 0 fully saturated rings. The summed E-state index contributed by atoms with van der Waals surface area (Å²) < 4.78 is 5.25. The molecule has 24 heavy (non-hydrogen) atoms. The lowest BCUT2D eigenvalue weighted by atomic mass is 10.00. The quantitative estimate of drug-likeness (QED) is 0.730. The maximum atomic E-state index is 12.3. The summed E-state index contributed by atoms with van der Waals surface area (Å²) in [5, 5.41) is 8.12. The number of amides is 2. The standard InChI is InChI=1S/C20H20N2O2/c1-14(16-11-7-9-15-8-3-4-10-17(15)16)21-20(23)22-18-12-5-6-13-19(18)24-2/h3-14H,1-2H3,(H2,21,22,23)/t14-/m0/s1. The molecule has 1 atom stereocenters. The fourth-order valence-corrected chi connectivity index (χ4v) is 2.81.